The predicted molar refractivity (Wildman–Crippen MR) is 66.4 cm³/mol. The van der Waals surface area contributed by atoms with Crippen LogP contribution in [0.25, 0.3) is 0 Å². The van der Waals surface area contributed by atoms with E-state index in [1.807, 2.05) is 0 Å². The minimum absolute atomic E-state index is 0.194. The summed E-state index contributed by atoms with van der Waals surface area (Å²) < 4.78 is 0. The van der Waals surface area contributed by atoms with Crippen molar-refractivity contribution in [3.63, 3.8) is 0 Å². The van der Waals surface area contributed by atoms with Crippen LogP contribution < -0.4 is 5.32 Å². The van der Waals surface area contributed by atoms with Crippen molar-refractivity contribution >= 4 is 17.3 Å². The first-order valence-corrected chi connectivity index (χ1v) is 5.41. The topological polar surface area (TPSA) is 133 Å². The minimum atomic E-state index is -1.30. The van der Waals surface area contributed by atoms with Crippen LogP contribution in [0.1, 0.15) is 15.9 Å². The predicted octanol–water partition coefficient (Wildman–Crippen LogP) is 0.367. The van der Waals surface area contributed by atoms with Gasteiger partial charge in [-0.2, -0.15) is 0 Å². The molecular weight excluding hydrogens is 256 g/mol. The molecule has 4 N–H and O–H groups in total. The van der Waals surface area contributed by atoms with Gasteiger partial charge >= 0.3 is 5.97 Å². The number of aliphatic hydroxyl groups excluding tert-OH is 2. The summed E-state index contributed by atoms with van der Waals surface area (Å²) in [5.74, 6) is -1.30. The van der Waals surface area contributed by atoms with E-state index in [9.17, 15) is 14.9 Å². The van der Waals surface area contributed by atoms with Gasteiger partial charge in [0, 0.05) is 17.3 Å². The Bertz CT molecular complexity index is 498. The molecule has 8 heteroatoms. The van der Waals surface area contributed by atoms with Crippen molar-refractivity contribution in [2.45, 2.75) is 13.0 Å². The highest BCUT2D eigenvalue weighted by molar-refractivity contribution is 5.90. The Morgan fingerprint density at radius 3 is 2.42 bits per heavy atom. The number of hydrogen-bond donors (Lipinski definition) is 4. The molecule has 1 aromatic rings. The average Bonchev–Trinajstić information content (AvgIpc) is 2.36. The summed E-state index contributed by atoms with van der Waals surface area (Å²) in [6, 6.07) is 1.47. The smallest absolute Gasteiger partial charge is 0.336 e. The van der Waals surface area contributed by atoms with Crippen LogP contribution in [-0.4, -0.2) is 45.5 Å². The summed E-state index contributed by atoms with van der Waals surface area (Å²) in [4.78, 5) is 21.1. The zero-order valence-electron chi connectivity index (χ0n) is 10.2. The number of nitrogens with zero attached hydrogens (tertiary/aromatic N) is 1. The van der Waals surface area contributed by atoms with E-state index in [2.05, 4.69) is 5.32 Å². The molecule has 0 aliphatic rings. The summed E-state index contributed by atoms with van der Waals surface area (Å²) in [6.45, 7) is 0.681. The molecular formula is C11H14N2O6. The van der Waals surface area contributed by atoms with Crippen LogP contribution in [-0.2, 0) is 0 Å². The van der Waals surface area contributed by atoms with E-state index in [-0.39, 0.29) is 35.7 Å². The second kappa shape index (κ2) is 6.12. The first-order valence-electron chi connectivity index (χ1n) is 5.41. The van der Waals surface area contributed by atoms with E-state index in [4.69, 9.17) is 15.3 Å². The third-order valence-electron chi connectivity index (χ3n) is 2.62. The Morgan fingerprint density at radius 1 is 1.42 bits per heavy atom. The summed E-state index contributed by atoms with van der Waals surface area (Å²) in [5, 5.41) is 40.4. The molecule has 0 saturated heterocycles. The van der Waals surface area contributed by atoms with Crippen LogP contribution in [0.2, 0.25) is 0 Å². The zero-order valence-corrected chi connectivity index (χ0v) is 10.2. The highest BCUT2D eigenvalue weighted by Gasteiger charge is 2.20. The number of benzene rings is 1. The van der Waals surface area contributed by atoms with Crippen molar-refractivity contribution in [3.8, 4) is 0 Å². The Kier molecular flexibility index (Phi) is 4.79. The second-order valence-corrected chi connectivity index (χ2v) is 3.94. The first-order chi connectivity index (χ1) is 8.90. The van der Waals surface area contributed by atoms with Gasteiger partial charge in [0.15, 0.2) is 0 Å². The Morgan fingerprint density at radius 2 is 2.00 bits per heavy atom. The quantitative estimate of drug-likeness (QED) is 0.433. The highest BCUT2D eigenvalue weighted by Crippen LogP contribution is 2.28. The van der Waals surface area contributed by atoms with Gasteiger partial charge in [-0.1, -0.05) is 0 Å². The molecule has 0 aromatic heterocycles. The number of rotatable bonds is 6. The van der Waals surface area contributed by atoms with Gasteiger partial charge in [0.1, 0.15) is 0 Å². The first kappa shape index (κ1) is 14.9. The Balaban J connectivity index is 3.29. The molecule has 8 nitrogen and oxygen atoms in total. The maximum atomic E-state index is 10.9. The van der Waals surface area contributed by atoms with Gasteiger partial charge in [-0.05, 0) is 13.0 Å². The lowest BCUT2D eigenvalue weighted by Crippen LogP contribution is -2.28. The number of aromatic carboxylic acids is 1. The van der Waals surface area contributed by atoms with E-state index in [1.165, 1.54) is 13.0 Å². The lowest BCUT2D eigenvalue weighted by atomic mass is 10.1. The van der Waals surface area contributed by atoms with Crippen LogP contribution in [0, 0.1) is 17.0 Å². The number of carboxylic acid groups (broad SMARTS) is 1. The van der Waals surface area contributed by atoms with Crippen LogP contribution in [0.5, 0.6) is 0 Å². The van der Waals surface area contributed by atoms with Gasteiger partial charge in [-0.15, -0.1) is 0 Å². The van der Waals surface area contributed by atoms with Gasteiger partial charge in [0.05, 0.1) is 29.7 Å². The van der Waals surface area contributed by atoms with Crippen LogP contribution >= 0.6 is 0 Å². The van der Waals surface area contributed by atoms with E-state index < -0.39 is 16.9 Å². The molecule has 0 saturated carbocycles. The Hall–Kier alpha value is -2.19. The molecule has 0 spiro atoms. The van der Waals surface area contributed by atoms with E-state index in [0.717, 1.165) is 6.07 Å². The highest BCUT2D eigenvalue weighted by atomic mass is 16.6. The number of hydrogen-bond acceptors (Lipinski definition) is 6. The number of nitrogens with one attached hydrogen (secondary N) is 1. The van der Waals surface area contributed by atoms with Gasteiger partial charge in [0.25, 0.3) is 5.69 Å². The monoisotopic (exact) mass is 270 g/mol. The molecule has 0 aliphatic carbocycles. The van der Waals surface area contributed by atoms with E-state index in [1.54, 1.807) is 0 Å². The van der Waals surface area contributed by atoms with E-state index >= 15 is 0 Å². The Labute approximate surface area is 108 Å². The van der Waals surface area contributed by atoms with Gasteiger partial charge in [-0.3, -0.25) is 10.1 Å². The fraction of sp³-hybridized carbons (Fsp3) is 0.364. The van der Waals surface area contributed by atoms with Crippen molar-refractivity contribution in [2.75, 3.05) is 18.5 Å². The van der Waals surface area contributed by atoms with Crippen LogP contribution in [0.3, 0.4) is 0 Å². The fourth-order valence-corrected chi connectivity index (χ4v) is 1.53. The lowest BCUT2D eigenvalue weighted by molar-refractivity contribution is -0.385. The second-order valence-electron chi connectivity index (χ2n) is 3.94. The van der Waals surface area contributed by atoms with E-state index in [0.29, 0.717) is 0 Å². The van der Waals surface area contributed by atoms with Crippen molar-refractivity contribution < 1.29 is 25.0 Å². The number of carboxylic acids is 1. The maximum absolute atomic E-state index is 10.9. The van der Waals surface area contributed by atoms with Gasteiger partial charge in [-0.25, -0.2) is 4.79 Å². The molecule has 0 amide bonds. The standard InChI is InChI=1S/C11H14N2O6/c1-6-9(12-8(4-14)5-15)2-7(11(16)17)3-10(6)13(18)19/h2-3,8,12,14-15H,4-5H2,1H3,(H,16,17). The van der Waals surface area contributed by atoms with Crippen molar-refractivity contribution in [1.82, 2.24) is 0 Å². The number of nitro groups is 1. The molecule has 0 atom stereocenters. The molecule has 1 rings (SSSR count). The number of anilines is 1. The molecule has 0 heterocycles. The van der Waals surface area contributed by atoms with Gasteiger partial charge in [0.2, 0.25) is 0 Å². The molecule has 0 aliphatic heterocycles. The molecule has 1 aromatic carbocycles. The minimum Gasteiger partial charge on any atom is -0.478 e. The summed E-state index contributed by atoms with van der Waals surface area (Å²) >= 11 is 0. The number of aliphatic hydroxyl groups is 2. The SMILES string of the molecule is Cc1c(NC(CO)CO)cc(C(=O)O)cc1[N+](=O)[O-]. The van der Waals surface area contributed by atoms with Crippen LogP contribution in [0.4, 0.5) is 11.4 Å². The fourth-order valence-electron chi connectivity index (χ4n) is 1.53. The lowest BCUT2D eigenvalue weighted by Gasteiger charge is -2.17. The third-order valence-corrected chi connectivity index (χ3v) is 2.62. The summed E-state index contributed by atoms with van der Waals surface area (Å²) in [7, 11) is 0. The molecule has 0 unspecified atom stereocenters. The van der Waals surface area contributed by atoms with Crippen molar-refractivity contribution in [3.05, 3.63) is 33.4 Å². The molecule has 0 bridgehead atoms. The number of carbonyl (C=O) groups is 1. The molecule has 104 valence electrons. The van der Waals surface area contributed by atoms with Crippen molar-refractivity contribution in [2.24, 2.45) is 0 Å². The largest absolute Gasteiger partial charge is 0.478 e. The summed E-state index contributed by atoms with van der Waals surface area (Å²) in [6.07, 6.45) is 0. The normalized spacial score (nSPS) is 10.5. The molecule has 0 fully saturated rings. The van der Waals surface area contributed by atoms with Gasteiger partial charge < -0.3 is 20.6 Å². The average molecular weight is 270 g/mol. The zero-order chi connectivity index (χ0) is 14.6. The number of nitro benzene ring substituents is 1. The maximum Gasteiger partial charge on any atom is 0.336 e. The molecule has 19 heavy (non-hydrogen) atoms. The molecule has 0 radical (unpaired) electrons. The van der Waals surface area contributed by atoms with Crippen molar-refractivity contribution in [1.29, 1.82) is 0 Å². The van der Waals surface area contributed by atoms with Crippen LogP contribution in [0.15, 0.2) is 12.1 Å². The third kappa shape index (κ3) is 3.39. The summed E-state index contributed by atoms with van der Waals surface area (Å²) in [5.41, 5.74) is -0.145.